The van der Waals surface area contributed by atoms with Crippen LogP contribution in [-0.4, -0.2) is 0 Å². The maximum Gasteiger partial charge on any atom is -0.0152 e. The van der Waals surface area contributed by atoms with Crippen molar-refractivity contribution in [3.8, 4) is 0 Å². The van der Waals surface area contributed by atoms with Crippen molar-refractivity contribution in [2.24, 2.45) is 0 Å². The molecule has 0 atom stereocenters. The Kier molecular flexibility index (Phi) is 21.8. The molecule has 394 valence electrons. The molecular weight excluding hydrogens is 925 g/mol. The van der Waals surface area contributed by atoms with Gasteiger partial charge in [0.2, 0.25) is 0 Å². The second-order valence-corrected chi connectivity index (χ2v) is 21.8. The van der Waals surface area contributed by atoms with Gasteiger partial charge < -0.3 is 0 Å². The van der Waals surface area contributed by atoms with Gasteiger partial charge in [-0.1, -0.05) is 239 Å². The van der Waals surface area contributed by atoms with Crippen LogP contribution in [0.1, 0.15) is 107 Å². The summed E-state index contributed by atoms with van der Waals surface area (Å²) in [5.74, 6) is 0. The van der Waals surface area contributed by atoms with Gasteiger partial charge in [-0.3, -0.25) is 0 Å². The van der Waals surface area contributed by atoms with Crippen molar-refractivity contribution < 1.29 is 0 Å². The molecule has 0 spiro atoms. The fourth-order valence-corrected chi connectivity index (χ4v) is 9.95. The molecule has 0 aliphatic heterocycles. The molecule has 0 unspecified atom stereocenters. The largest absolute Gasteiger partial charge is 0.0616 e. The lowest BCUT2D eigenvalue weighted by Gasteiger charge is -2.19. The molecule has 0 saturated carbocycles. The number of fused-ring (bicyclic) bond motifs is 5. The van der Waals surface area contributed by atoms with Gasteiger partial charge in [0.25, 0.3) is 0 Å². The summed E-state index contributed by atoms with van der Waals surface area (Å²) >= 11 is 0. The zero-order chi connectivity index (χ0) is 55.6. The van der Waals surface area contributed by atoms with Crippen LogP contribution in [-0.2, 0) is 12.8 Å². The van der Waals surface area contributed by atoms with Gasteiger partial charge >= 0.3 is 0 Å². The van der Waals surface area contributed by atoms with Crippen molar-refractivity contribution >= 4 is 43.1 Å². The molecule has 1 aliphatic carbocycles. The highest BCUT2D eigenvalue weighted by Gasteiger charge is 2.12. The van der Waals surface area contributed by atoms with Gasteiger partial charge in [-0.25, -0.2) is 0 Å². The van der Waals surface area contributed by atoms with E-state index in [1.165, 1.54) is 152 Å². The van der Waals surface area contributed by atoms with Gasteiger partial charge in [-0.2, -0.15) is 0 Å². The summed E-state index contributed by atoms with van der Waals surface area (Å²) in [5.41, 5.74) is 23.8. The van der Waals surface area contributed by atoms with Crippen LogP contribution in [0.25, 0.3) is 43.1 Å². The number of hydrogen-bond donors (Lipinski definition) is 0. The predicted octanol–water partition coefficient (Wildman–Crippen LogP) is 21.9. The van der Waals surface area contributed by atoms with Crippen LogP contribution < -0.4 is 0 Å². The zero-order valence-electron chi connectivity index (χ0n) is 49.4. The third-order valence-electron chi connectivity index (χ3n) is 14.9. The first-order valence-corrected chi connectivity index (χ1v) is 27.9. The molecule has 11 aromatic carbocycles. The van der Waals surface area contributed by atoms with Crippen LogP contribution in [0.15, 0.2) is 200 Å². The summed E-state index contributed by atoms with van der Waals surface area (Å²) in [4.78, 5) is 0. The van der Waals surface area contributed by atoms with Gasteiger partial charge in [0.1, 0.15) is 0 Å². The van der Waals surface area contributed by atoms with E-state index in [2.05, 4.69) is 304 Å². The van der Waals surface area contributed by atoms with E-state index in [1.807, 2.05) is 0 Å². The van der Waals surface area contributed by atoms with Crippen molar-refractivity contribution in [2.75, 3.05) is 0 Å². The summed E-state index contributed by atoms with van der Waals surface area (Å²) < 4.78 is 0. The summed E-state index contributed by atoms with van der Waals surface area (Å²) in [7, 11) is 0. The van der Waals surface area contributed by atoms with Crippen LogP contribution in [0.4, 0.5) is 0 Å². The smallest absolute Gasteiger partial charge is 0.0152 e. The Morgan fingerprint density at radius 2 is 0.481 bits per heavy atom. The van der Waals surface area contributed by atoms with Gasteiger partial charge in [-0.05, 0) is 228 Å². The standard InChI is InChI=1S/3C12H12.C12H16.C12H12.C9H12.C8H10/c1-9-3-5-12-8-10(2)4-6-11(12)7-9;1-9-3-5-11-6-4-10(2)8-12(11)7-9;1-9-5-3-8-12-10(2)6-4-7-11(9)12;2*1-9-7-8-10(2)12-6-4-3-5-11(9)12;1-7-4-5-8(2)9(3)6-7;1-7-3-5-8(2)6-4-7/h3*3-8H,1-2H3;7-8H,3-6H2,1-2H3;3-8H,1-2H3;4-6H,1-3H3;3-6H,1-2H3. The van der Waals surface area contributed by atoms with E-state index >= 15 is 0 Å². The Hall–Kier alpha value is -7.54. The lowest BCUT2D eigenvalue weighted by atomic mass is 9.86. The SMILES string of the molecule is Cc1ccc(C)c(C)c1.Cc1ccc(C)c2c1CCCC2.Cc1ccc(C)c2ccccc12.Cc1ccc(C)cc1.Cc1ccc2cc(C)ccc2c1.Cc1ccc2ccc(C)cc2c1.Cc1cccc2c(C)cccc12. The van der Waals surface area contributed by atoms with Crippen molar-refractivity contribution in [2.45, 2.75) is 130 Å². The zero-order valence-corrected chi connectivity index (χ0v) is 49.4. The second-order valence-electron chi connectivity index (χ2n) is 21.8. The number of hydrogen-bond acceptors (Lipinski definition) is 0. The molecule has 0 nitrogen and oxygen atoms in total. The van der Waals surface area contributed by atoms with E-state index in [-0.39, 0.29) is 0 Å². The highest BCUT2D eigenvalue weighted by atomic mass is 14.2. The van der Waals surface area contributed by atoms with Crippen LogP contribution >= 0.6 is 0 Å². The minimum absolute atomic E-state index is 1.31. The fourth-order valence-electron chi connectivity index (χ4n) is 9.95. The highest BCUT2D eigenvalue weighted by Crippen LogP contribution is 2.27. The van der Waals surface area contributed by atoms with E-state index in [0.717, 1.165) is 0 Å². The topological polar surface area (TPSA) is 0 Å². The Bertz CT molecular complexity index is 3430. The molecule has 0 heterocycles. The van der Waals surface area contributed by atoms with Crippen LogP contribution in [0.2, 0.25) is 0 Å². The first-order chi connectivity index (χ1) is 36.9. The van der Waals surface area contributed by atoms with Crippen LogP contribution in [0.5, 0.6) is 0 Å². The summed E-state index contributed by atoms with van der Waals surface area (Å²) in [5, 5.41) is 10.8. The number of benzene rings is 11. The first kappa shape index (κ1) is 58.7. The molecule has 1 aliphatic rings. The summed E-state index contributed by atoms with van der Waals surface area (Å²) in [6.07, 6.45) is 5.39. The number of rotatable bonds is 0. The quantitative estimate of drug-likeness (QED) is 0.142. The molecule has 0 bridgehead atoms. The first-order valence-electron chi connectivity index (χ1n) is 27.9. The van der Waals surface area contributed by atoms with E-state index in [1.54, 1.807) is 11.1 Å². The fraction of sp³-hybridized carbons (Fsp3) is 0.247. The van der Waals surface area contributed by atoms with Crippen molar-refractivity contribution in [1.29, 1.82) is 0 Å². The molecule has 0 N–H and O–H groups in total. The number of aryl methyl sites for hydroxylation is 15. The summed E-state index contributed by atoms with van der Waals surface area (Å²) in [6.45, 7) is 32.2. The van der Waals surface area contributed by atoms with E-state index < -0.39 is 0 Å². The Morgan fingerprint density at radius 3 is 0.857 bits per heavy atom. The minimum Gasteiger partial charge on any atom is -0.0616 e. The molecule has 0 fully saturated rings. The molecular formula is C77H86. The third-order valence-corrected chi connectivity index (χ3v) is 14.9. The maximum atomic E-state index is 2.26. The van der Waals surface area contributed by atoms with Gasteiger partial charge in [-0.15, -0.1) is 0 Å². The molecule has 0 heteroatoms. The molecule has 0 amide bonds. The average Bonchev–Trinajstić information content (AvgIpc) is 3.42. The van der Waals surface area contributed by atoms with Gasteiger partial charge in [0.05, 0.1) is 0 Å². The highest BCUT2D eigenvalue weighted by molar-refractivity contribution is 5.89. The summed E-state index contributed by atoms with van der Waals surface area (Å²) in [6, 6.07) is 71.5. The Morgan fingerprint density at radius 1 is 0.195 bits per heavy atom. The molecule has 0 radical (unpaired) electrons. The monoisotopic (exact) mass is 1010 g/mol. The second kappa shape index (κ2) is 28.6. The predicted molar refractivity (Wildman–Crippen MR) is 343 cm³/mol. The van der Waals surface area contributed by atoms with E-state index in [9.17, 15) is 0 Å². The average molecular weight is 1010 g/mol. The van der Waals surface area contributed by atoms with Crippen LogP contribution in [0, 0.1) is 104 Å². The van der Waals surface area contributed by atoms with Gasteiger partial charge in [0, 0.05) is 0 Å². The molecule has 0 aromatic heterocycles. The van der Waals surface area contributed by atoms with E-state index in [4.69, 9.17) is 0 Å². The molecule has 77 heavy (non-hydrogen) atoms. The molecule has 12 rings (SSSR count). The van der Waals surface area contributed by atoms with Crippen molar-refractivity contribution in [3.05, 3.63) is 295 Å². The van der Waals surface area contributed by atoms with Crippen molar-refractivity contribution in [1.82, 2.24) is 0 Å². The normalized spacial score (nSPS) is 11.1. The van der Waals surface area contributed by atoms with Gasteiger partial charge in [0.15, 0.2) is 0 Å². The van der Waals surface area contributed by atoms with Crippen LogP contribution in [0.3, 0.4) is 0 Å². The maximum absolute atomic E-state index is 2.26. The van der Waals surface area contributed by atoms with Crippen molar-refractivity contribution in [3.63, 3.8) is 0 Å². The van der Waals surface area contributed by atoms with E-state index in [0.29, 0.717) is 0 Å². The Balaban J connectivity index is 0.000000146. The lowest BCUT2D eigenvalue weighted by Crippen LogP contribution is -2.06. The Labute approximate surface area is 464 Å². The molecule has 11 aromatic rings. The minimum atomic E-state index is 1.31. The lowest BCUT2D eigenvalue weighted by molar-refractivity contribution is 0.678. The third kappa shape index (κ3) is 17.5. The molecule has 0 saturated heterocycles.